The van der Waals surface area contributed by atoms with Gasteiger partial charge in [-0.1, -0.05) is 23.5 Å². The molecule has 1 aromatic rings. The predicted octanol–water partition coefficient (Wildman–Crippen LogP) is 1.77. The van der Waals surface area contributed by atoms with Gasteiger partial charge in [-0.2, -0.15) is 0 Å². The molecule has 10 atom stereocenters. The Morgan fingerprint density at radius 3 is 1.16 bits per heavy atom. The molecule has 0 spiro atoms. The van der Waals surface area contributed by atoms with E-state index in [-0.39, 0.29) is 5.57 Å². The molecule has 10 unspecified atom stereocenters. The van der Waals surface area contributed by atoms with E-state index in [1.165, 1.54) is 6.92 Å². The highest BCUT2D eigenvalue weighted by Gasteiger charge is 2.55. The number of phenolic OH excluding ortho intramolecular Hbond substituents is 2. The second kappa shape index (κ2) is 21.1. The van der Waals surface area contributed by atoms with Crippen LogP contribution in [0.1, 0.15) is 83.0 Å². The van der Waals surface area contributed by atoms with Crippen molar-refractivity contribution >= 4 is 82.8 Å². The number of ether oxygens (including phenoxy) is 10. The maximum atomic E-state index is 13.6. The third-order valence-corrected chi connectivity index (χ3v) is 11.5. The Kier molecular flexibility index (Phi) is 16.7. The van der Waals surface area contributed by atoms with Crippen molar-refractivity contribution in [2.45, 2.75) is 132 Å². The number of fused-ring (bicyclic) bond motifs is 1. The van der Waals surface area contributed by atoms with Crippen molar-refractivity contribution in [3.05, 3.63) is 22.8 Å². The summed E-state index contributed by atoms with van der Waals surface area (Å²) >= 11 is 0.829. The SMILES string of the molecule is CC(=O)OCC1OC(Sc2c(O)c3c(c(O)c2SC2OC(COC(C)=O)C(OC(C)=O)C(OC(C)=O)C2OC(C)=O)C(=O)C(C)=CC3=O)C(OC(C)=O)C(OC(C)=O)C1OC(C)=O. The highest BCUT2D eigenvalue weighted by molar-refractivity contribution is 8.03. The molecule has 2 aliphatic heterocycles. The van der Waals surface area contributed by atoms with Gasteiger partial charge in [-0.15, -0.1) is 0 Å². The minimum atomic E-state index is -1.76. The first-order valence-corrected chi connectivity index (χ1v) is 20.5. The molecule has 63 heavy (non-hydrogen) atoms. The minimum absolute atomic E-state index is 0.148. The van der Waals surface area contributed by atoms with E-state index in [0.29, 0.717) is 23.5 Å². The van der Waals surface area contributed by atoms with Gasteiger partial charge in [0, 0.05) is 61.0 Å². The maximum Gasteiger partial charge on any atom is 0.303 e. The van der Waals surface area contributed by atoms with Crippen molar-refractivity contribution in [1.82, 2.24) is 0 Å². The van der Waals surface area contributed by atoms with Crippen LogP contribution < -0.4 is 0 Å². The van der Waals surface area contributed by atoms with E-state index < -0.39 is 165 Å². The van der Waals surface area contributed by atoms with Crippen molar-refractivity contribution in [3.63, 3.8) is 0 Å². The number of Topliss-reactive ketones (excluding diaryl/α,β-unsaturated/α-hetero) is 1. The number of carbonyl (C=O) groups is 10. The summed E-state index contributed by atoms with van der Waals surface area (Å²) in [4.78, 5) is 125. The summed E-state index contributed by atoms with van der Waals surface area (Å²) in [5, 5.41) is 24.1. The first-order valence-electron chi connectivity index (χ1n) is 18.7. The molecule has 0 radical (unpaired) electrons. The fourth-order valence-corrected chi connectivity index (χ4v) is 9.36. The molecule has 2 saturated heterocycles. The lowest BCUT2D eigenvalue weighted by Gasteiger charge is -2.45. The van der Waals surface area contributed by atoms with E-state index in [0.717, 1.165) is 61.5 Å². The molecular weight excluding hydrogens is 885 g/mol. The fraction of sp³-hybridized carbons (Fsp3) is 0.538. The second-order valence-corrected chi connectivity index (χ2v) is 16.2. The predicted molar refractivity (Wildman–Crippen MR) is 208 cm³/mol. The number of carbonyl (C=O) groups excluding carboxylic acids is 10. The number of aromatic hydroxyl groups is 2. The summed E-state index contributed by atoms with van der Waals surface area (Å²) in [5.41, 5.74) is -4.92. The van der Waals surface area contributed by atoms with Crippen molar-refractivity contribution in [2.24, 2.45) is 0 Å². The van der Waals surface area contributed by atoms with E-state index in [1.54, 1.807) is 0 Å². The van der Waals surface area contributed by atoms with Gasteiger partial charge in [0.25, 0.3) is 0 Å². The van der Waals surface area contributed by atoms with Crippen LogP contribution in [-0.4, -0.2) is 142 Å². The fourth-order valence-electron chi connectivity index (χ4n) is 6.69. The van der Waals surface area contributed by atoms with E-state index >= 15 is 0 Å². The van der Waals surface area contributed by atoms with Gasteiger partial charge in [0.15, 0.2) is 48.2 Å². The number of hydrogen-bond acceptors (Lipinski definition) is 24. The summed E-state index contributed by atoms with van der Waals surface area (Å²) in [7, 11) is 0. The Labute approximate surface area is 366 Å². The number of allylic oxidation sites excluding steroid dienone is 2. The van der Waals surface area contributed by atoms with Crippen molar-refractivity contribution < 1.29 is 106 Å². The Bertz CT molecular complexity index is 2100. The number of thioether (sulfide) groups is 2. The monoisotopic (exact) mass is 928 g/mol. The molecule has 4 rings (SSSR count). The lowest BCUT2D eigenvalue weighted by Crippen LogP contribution is -2.61. The van der Waals surface area contributed by atoms with Crippen molar-refractivity contribution in [1.29, 1.82) is 0 Å². The van der Waals surface area contributed by atoms with E-state index in [2.05, 4.69) is 0 Å². The van der Waals surface area contributed by atoms with Crippen LogP contribution in [0.3, 0.4) is 0 Å². The Hall–Kier alpha value is -5.72. The lowest BCUT2D eigenvalue weighted by molar-refractivity contribution is -0.237. The van der Waals surface area contributed by atoms with E-state index in [1.807, 2.05) is 0 Å². The molecule has 344 valence electrons. The number of hydrogen-bond donors (Lipinski definition) is 2. The molecule has 22 nitrogen and oxygen atoms in total. The third-order valence-electron chi connectivity index (χ3n) is 8.90. The van der Waals surface area contributed by atoms with Gasteiger partial charge in [0.1, 0.15) is 47.8 Å². The van der Waals surface area contributed by atoms with Gasteiger partial charge in [0.2, 0.25) is 0 Å². The number of phenols is 2. The molecule has 2 heterocycles. The molecule has 24 heteroatoms. The number of rotatable bonds is 14. The largest absolute Gasteiger partial charge is 0.506 e. The quantitative estimate of drug-likeness (QED) is 0.153. The van der Waals surface area contributed by atoms with Crippen LogP contribution in [0.15, 0.2) is 21.4 Å². The third kappa shape index (κ3) is 12.3. The van der Waals surface area contributed by atoms with Gasteiger partial charge < -0.3 is 57.6 Å². The molecule has 0 bridgehead atoms. The average Bonchev–Trinajstić information content (AvgIpc) is 3.15. The van der Waals surface area contributed by atoms with Gasteiger partial charge >= 0.3 is 47.8 Å². The zero-order valence-electron chi connectivity index (χ0n) is 35.1. The Morgan fingerprint density at radius 1 is 0.508 bits per heavy atom. The smallest absolute Gasteiger partial charge is 0.303 e. The zero-order chi connectivity index (χ0) is 47.2. The summed E-state index contributed by atoms with van der Waals surface area (Å²) in [6.45, 7) is 8.03. The number of ketones is 2. The number of benzene rings is 1. The summed E-state index contributed by atoms with van der Waals surface area (Å²) in [6.07, 6.45) is -12.2. The maximum absolute atomic E-state index is 13.6. The van der Waals surface area contributed by atoms with Crippen LogP contribution in [0.2, 0.25) is 0 Å². The van der Waals surface area contributed by atoms with Gasteiger partial charge in [-0.3, -0.25) is 47.9 Å². The van der Waals surface area contributed by atoms with Crippen LogP contribution in [0.5, 0.6) is 11.5 Å². The standard InChI is InChI=1S/C39H44O22S2/c1-13-10-22(48)25-26(27(13)49)29(51)37(63-39-35(59-21(9)47)33(57-19(7)45)31(55-17(5)43)24(61-39)12-53-15(3)41)36(28(25)50)62-38-34(58-20(8)46)32(56-18(6)44)30(54-16(4)42)23(60-38)11-52-14(2)40/h10,23-24,30-35,38-39,50-51H,11-12H2,1-9H3. The molecule has 0 aromatic heterocycles. The second-order valence-electron chi connectivity index (χ2n) is 14.0. The Balaban J connectivity index is 2.02. The summed E-state index contributed by atoms with van der Waals surface area (Å²) < 4.78 is 55.7. The highest BCUT2D eigenvalue weighted by Crippen LogP contribution is 2.54. The van der Waals surface area contributed by atoms with Gasteiger partial charge in [-0.25, -0.2) is 0 Å². The number of esters is 8. The molecular formula is C39H44O22S2. The summed E-state index contributed by atoms with van der Waals surface area (Å²) in [6, 6.07) is 0. The normalized spacial score (nSPS) is 26.5. The van der Waals surface area contributed by atoms with Crippen LogP contribution in [0.25, 0.3) is 0 Å². The molecule has 0 amide bonds. The summed E-state index contributed by atoms with van der Waals surface area (Å²) in [5.74, 6) is -11.2. The molecule has 2 fully saturated rings. The van der Waals surface area contributed by atoms with Crippen LogP contribution in [-0.2, 0) is 85.7 Å². The van der Waals surface area contributed by atoms with Gasteiger partial charge in [-0.05, 0) is 13.0 Å². The molecule has 1 aromatic carbocycles. The van der Waals surface area contributed by atoms with Crippen molar-refractivity contribution in [3.8, 4) is 11.5 Å². The first kappa shape index (κ1) is 49.9. The minimum Gasteiger partial charge on any atom is -0.506 e. The van der Waals surface area contributed by atoms with Crippen LogP contribution in [0, 0.1) is 0 Å². The average molecular weight is 929 g/mol. The van der Waals surface area contributed by atoms with Crippen molar-refractivity contribution in [2.75, 3.05) is 13.2 Å². The highest BCUT2D eigenvalue weighted by atomic mass is 32.2. The van der Waals surface area contributed by atoms with Crippen LogP contribution in [0.4, 0.5) is 0 Å². The topological polar surface area (TPSA) is 303 Å². The van der Waals surface area contributed by atoms with Gasteiger partial charge in [0.05, 0.1) is 20.9 Å². The molecule has 2 N–H and O–H groups in total. The van der Waals surface area contributed by atoms with E-state index in [9.17, 15) is 58.2 Å². The zero-order valence-corrected chi connectivity index (χ0v) is 36.8. The molecule has 3 aliphatic rings. The Morgan fingerprint density at radius 2 is 0.825 bits per heavy atom. The molecule has 0 saturated carbocycles. The first-order chi connectivity index (χ1) is 29.4. The lowest BCUT2D eigenvalue weighted by atomic mass is 9.89. The van der Waals surface area contributed by atoms with E-state index in [4.69, 9.17) is 47.4 Å². The van der Waals surface area contributed by atoms with Crippen LogP contribution >= 0.6 is 23.5 Å². The molecule has 1 aliphatic carbocycles.